The van der Waals surface area contributed by atoms with Crippen molar-refractivity contribution in [2.24, 2.45) is 0 Å². The Bertz CT molecular complexity index is 1240. The van der Waals surface area contributed by atoms with Crippen LogP contribution in [0.2, 0.25) is 0 Å². The minimum atomic E-state index is -3.77. The number of carbonyl (C=O) groups excluding carboxylic acids is 1. The highest BCUT2D eigenvalue weighted by molar-refractivity contribution is 7.89. The van der Waals surface area contributed by atoms with Crippen LogP contribution in [0.15, 0.2) is 47.4 Å². The highest BCUT2D eigenvalue weighted by atomic mass is 32.2. The van der Waals surface area contributed by atoms with E-state index in [-0.39, 0.29) is 28.7 Å². The quantitative estimate of drug-likeness (QED) is 0.570. The Morgan fingerprint density at radius 3 is 2.52 bits per heavy atom. The van der Waals surface area contributed by atoms with Gasteiger partial charge in [0, 0.05) is 25.2 Å². The summed E-state index contributed by atoms with van der Waals surface area (Å²) in [5.41, 5.74) is 2.15. The zero-order chi connectivity index (χ0) is 23.4. The van der Waals surface area contributed by atoms with Crippen LogP contribution < -0.4 is 10.1 Å². The zero-order valence-corrected chi connectivity index (χ0v) is 19.9. The van der Waals surface area contributed by atoms with Crippen molar-refractivity contribution in [2.75, 3.05) is 20.2 Å². The molecule has 9 heteroatoms. The third-order valence-electron chi connectivity index (χ3n) is 6.07. The van der Waals surface area contributed by atoms with Gasteiger partial charge in [-0.1, -0.05) is 25.0 Å². The lowest BCUT2D eigenvalue weighted by Gasteiger charge is -2.21. The molecule has 1 aromatic heterocycles. The number of benzene rings is 2. The number of hydrogen-bond donors (Lipinski definition) is 1. The van der Waals surface area contributed by atoms with Gasteiger partial charge in [0.1, 0.15) is 16.5 Å². The molecule has 1 fully saturated rings. The van der Waals surface area contributed by atoms with E-state index in [1.807, 2.05) is 31.2 Å². The van der Waals surface area contributed by atoms with Crippen LogP contribution in [0.3, 0.4) is 0 Å². The molecule has 1 aliphatic rings. The number of rotatable bonds is 7. The van der Waals surface area contributed by atoms with Crippen molar-refractivity contribution in [1.82, 2.24) is 19.2 Å². The molecule has 0 bridgehead atoms. The number of nitrogens with zero attached hydrogens (tertiary/aromatic N) is 3. The van der Waals surface area contributed by atoms with Gasteiger partial charge in [0.15, 0.2) is 0 Å². The third-order valence-corrected chi connectivity index (χ3v) is 7.99. The Balaban J connectivity index is 1.58. The second-order valence-electron chi connectivity index (χ2n) is 8.13. The molecule has 0 atom stereocenters. The van der Waals surface area contributed by atoms with E-state index in [9.17, 15) is 13.2 Å². The van der Waals surface area contributed by atoms with Crippen molar-refractivity contribution >= 4 is 27.0 Å². The summed E-state index contributed by atoms with van der Waals surface area (Å²) in [7, 11) is -2.33. The summed E-state index contributed by atoms with van der Waals surface area (Å²) in [6.07, 6.45) is 3.71. The van der Waals surface area contributed by atoms with Crippen LogP contribution in [-0.2, 0) is 23.1 Å². The van der Waals surface area contributed by atoms with Gasteiger partial charge in [-0.2, -0.15) is 4.31 Å². The standard InChI is InChI=1S/C24H30N4O4S/c1-3-28-20-11-7-6-10-19(20)26-23(28)17-25-24(29)18-12-13-21(32-2)22(16-18)33(30,31)27-14-8-4-5-9-15-27/h6-7,10-13,16H,3-5,8-9,14-15,17H2,1-2H3,(H,25,29). The molecule has 0 unspecified atom stereocenters. The number of para-hydroxylation sites is 2. The van der Waals surface area contributed by atoms with Crippen molar-refractivity contribution < 1.29 is 17.9 Å². The maximum atomic E-state index is 13.4. The molecule has 0 aliphatic carbocycles. The number of fused-ring (bicyclic) bond motifs is 1. The summed E-state index contributed by atoms with van der Waals surface area (Å²) < 4.78 is 35.6. The first-order valence-corrected chi connectivity index (χ1v) is 12.8. The third kappa shape index (κ3) is 4.74. The molecule has 0 radical (unpaired) electrons. The smallest absolute Gasteiger partial charge is 0.251 e. The van der Waals surface area contributed by atoms with Gasteiger partial charge < -0.3 is 14.6 Å². The summed E-state index contributed by atoms with van der Waals surface area (Å²) in [4.78, 5) is 17.6. The van der Waals surface area contributed by atoms with E-state index < -0.39 is 10.0 Å². The fraction of sp³-hybridized carbons (Fsp3) is 0.417. The van der Waals surface area contributed by atoms with Crippen molar-refractivity contribution in [3.63, 3.8) is 0 Å². The van der Waals surface area contributed by atoms with E-state index in [2.05, 4.69) is 14.9 Å². The molecule has 2 aromatic carbocycles. The lowest BCUT2D eigenvalue weighted by atomic mass is 10.2. The van der Waals surface area contributed by atoms with Gasteiger partial charge in [0.05, 0.1) is 24.7 Å². The van der Waals surface area contributed by atoms with E-state index in [4.69, 9.17) is 4.74 Å². The zero-order valence-electron chi connectivity index (χ0n) is 19.1. The van der Waals surface area contributed by atoms with Crippen LogP contribution in [0, 0.1) is 0 Å². The van der Waals surface area contributed by atoms with Gasteiger partial charge in [-0.25, -0.2) is 13.4 Å². The molecule has 2 heterocycles. The largest absolute Gasteiger partial charge is 0.495 e. The molecular weight excluding hydrogens is 440 g/mol. The number of nitrogens with one attached hydrogen (secondary N) is 1. The molecular formula is C24H30N4O4S. The molecule has 0 spiro atoms. The molecule has 0 saturated carbocycles. The number of methoxy groups -OCH3 is 1. The van der Waals surface area contributed by atoms with Crippen LogP contribution in [0.4, 0.5) is 0 Å². The monoisotopic (exact) mass is 470 g/mol. The molecule has 4 rings (SSSR count). The number of imidazole rings is 1. The fourth-order valence-electron chi connectivity index (χ4n) is 4.32. The maximum Gasteiger partial charge on any atom is 0.251 e. The van der Waals surface area contributed by atoms with Crippen molar-refractivity contribution in [2.45, 2.75) is 50.6 Å². The number of aromatic nitrogens is 2. The first-order chi connectivity index (χ1) is 16.0. The lowest BCUT2D eigenvalue weighted by Crippen LogP contribution is -2.32. The van der Waals surface area contributed by atoms with Crippen LogP contribution in [0.5, 0.6) is 5.75 Å². The topological polar surface area (TPSA) is 93.5 Å². The number of ether oxygens (including phenoxy) is 1. The highest BCUT2D eigenvalue weighted by Gasteiger charge is 2.29. The molecule has 33 heavy (non-hydrogen) atoms. The van der Waals surface area contributed by atoms with Gasteiger partial charge in [-0.3, -0.25) is 4.79 Å². The van der Waals surface area contributed by atoms with Gasteiger partial charge in [-0.15, -0.1) is 0 Å². The van der Waals surface area contributed by atoms with Crippen LogP contribution in [-0.4, -0.2) is 48.4 Å². The Kier molecular flexibility index (Phi) is 6.99. The summed E-state index contributed by atoms with van der Waals surface area (Å²) in [6, 6.07) is 12.4. The Labute approximate surface area is 194 Å². The minimum Gasteiger partial charge on any atom is -0.495 e. The van der Waals surface area contributed by atoms with E-state index in [1.165, 1.54) is 17.5 Å². The van der Waals surface area contributed by atoms with Gasteiger partial charge >= 0.3 is 0 Å². The predicted molar refractivity (Wildman–Crippen MR) is 127 cm³/mol. The summed E-state index contributed by atoms with van der Waals surface area (Å²) in [6.45, 7) is 3.96. The minimum absolute atomic E-state index is 0.0281. The number of carbonyl (C=O) groups is 1. The number of hydrogen-bond acceptors (Lipinski definition) is 5. The lowest BCUT2D eigenvalue weighted by molar-refractivity contribution is 0.0949. The molecule has 176 valence electrons. The average Bonchev–Trinajstić information content (AvgIpc) is 2.98. The van der Waals surface area contributed by atoms with Gasteiger partial charge in [-0.05, 0) is 50.1 Å². The van der Waals surface area contributed by atoms with E-state index in [0.717, 1.165) is 49.1 Å². The van der Waals surface area contributed by atoms with Crippen molar-refractivity contribution in [3.8, 4) is 5.75 Å². The predicted octanol–water partition coefficient (Wildman–Crippen LogP) is 3.56. The van der Waals surface area contributed by atoms with Crippen LogP contribution in [0.25, 0.3) is 11.0 Å². The molecule has 1 N–H and O–H groups in total. The number of aryl methyl sites for hydroxylation is 1. The summed E-state index contributed by atoms with van der Waals surface area (Å²) in [5, 5.41) is 2.89. The maximum absolute atomic E-state index is 13.4. The summed E-state index contributed by atoms with van der Waals surface area (Å²) in [5.74, 6) is 0.626. The van der Waals surface area contributed by atoms with Crippen molar-refractivity contribution in [3.05, 3.63) is 53.9 Å². The van der Waals surface area contributed by atoms with E-state index in [0.29, 0.717) is 13.1 Å². The Morgan fingerprint density at radius 1 is 1.09 bits per heavy atom. The van der Waals surface area contributed by atoms with E-state index in [1.54, 1.807) is 12.1 Å². The molecule has 1 amide bonds. The summed E-state index contributed by atoms with van der Waals surface area (Å²) >= 11 is 0. The molecule has 3 aromatic rings. The first-order valence-electron chi connectivity index (χ1n) is 11.4. The second-order valence-corrected chi connectivity index (χ2v) is 10.0. The number of sulfonamides is 1. The average molecular weight is 471 g/mol. The highest BCUT2D eigenvalue weighted by Crippen LogP contribution is 2.29. The normalized spacial score (nSPS) is 15.3. The van der Waals surface area contributed by atoms with Crippen LogP contribution >= 0.6 is 0 Å². The van der Waals surface area contributed by atoms with Gasteiger partial charge in [0.2, 0.25) is 10.0 Å². The fourth-order valence-corrected chi connectivity index (χ4v) is 6.01. The first kappa shape index (κ1) is 23.3. The second kappa shape index (κ2) is 9.93. The SMILES string of the molecule is CCn1c(CNC(=O)c2ccc(OC)c(S(=O)(=O)N3CCCCCC3)c2)nc2ccccc21. The van der Waals surface area contributed by atoms with Gasteiger partial charge in [0.25, 0.3) is 5.91 Å². The van der Waals surface area contributed by atoms with E-state index >= 15 is 0 Å². The Morgan fingerprint density at radius 2 is 1.82 bits per heavy atom. The van der Waals surface area contributed by atoms with Crippen LogP contribution in [0.1, 0.15) is 48.8 Å². The molecule has 8 nitrogen and oxygen atoms in total. The van der Waals surface area contributed by atoms with Crippen molar-refractivity contribution in [1.29, 1.82) is 0 Å². The number of amides is 1. The molecule has 1 aliphatic heterocycles. The molecule has 1 saturated heterocycles. The Hall–Kier alpha value is -2.91.